The van der Waals surface area contributed by atoms with Crippen LogP contribution in [0.2, 0.25) is 0 Å². The number of nitrogens with one attached hydrogen (secondary N) is 2. The highest BCUT2D eigenvalue weighted by molar-refractivity contribution is 7.07. The molecule has 0 fully saturated rings. The molecule has 94 valence electrons. The third-order valence-corrected chi connectivity index (χ3v) is 3.60. The summed E-state index contributed by atoms with van der Waals surface area (Å²) in [6, 6.07) is 7.82. The molecule has 2 N–H and O–H groups in total. The van der Waals surface area contributed by atoms with Crippen LogP contribution in [0.3, 0.4) is 0 Å². The Bertz CT molecular complexity index is 535. The van der Waals surface area contributed by atoms with Gasteiger partial charge in [0.2, 0.25) is 0 Å². The van der Waals surface area contributed by atoms with E-state index >= 15 is 0 Å². The third kappa shape index (κ3) is 2.71. The molecule has 0 aliphatic rings. The Morgan fingerprint density at radius 3 is 2.83 bits per heavy atom. The summed E-state index contributed by atoms with van der Waals surface area (Å²) in [5.74, 6) is -0.0494. The van der Waals surface area contributed by atoms with E-state index in [1.807, 2.05) is 25.1 Å². The zero-order valence-electron chi connectivity index (χ0n) is 10.5. The summed E-state index contributed by atoms with van der Waals surface area (Å²) in [7, 11) is 1.65. The normalized spacial score (nSPS) is 10.1. The van der Waals surface area contributed by atoms with E-state index in [0.717, 1.165) is 17.8 Å². The molecule has 3 nitrogen and oxygen atoms in total. The maximum absolute atomic E-state index is 11.7. The van der Waals surface area contributed by atoms with Crippen LogP contribution in [0.5, 0.6) is 0 Å². The molecule has 1 amide bonds. The van der Waals surface area contributed by atoms with Crippen molar-refractivity contribution >= 4 is 22.9 Å². The monoisotopic (exact) mass is 260 g/mol. The molecular weight excluding hydrogens is 244 g/mol. The largest absolute Gasteiger partial charge is 0.381 e. The number of anilines is 1. The molecule has 0 aliphatic heterocycles. The Balaban J connectivity index is 2.16. The summed E-state index contributed by atoms with van der Waals surface area (Å²) < 4.78 is 0. The first-order chi connectivity index (χ1) is 8.72. The standard InChI is InChI=1S/C14H16N2OS/c1-10-12(14(17)15-2)4-3-5-13(10)16-8-11-6-7-18-9-11/h3-7,9,16H,8H2,1-2H3,(H,15,17). The first-order valence-corrected chi connectivity index (χ1v) is 6.73. The van der Waals surface area contributed by atoms with Crippen molar-refractivity contribution in [3.05, 3.63) is 51.7 Å². The van der Waals surface area contributed by atoms with Crippen molar-refractivity contribution < 1.29 is 4.79 Å². The van der Waals surface area contributed by atoms with E-state index in [1.54, 1.807) is 18.4 Å². The van der Waals surface area contributed by atoms with Crippen LogP contribution in [0.4, 0.5) is 5.69 Å². The molecule has 0 radical (unpaired) electrons. The van der Waals surface area contributed by atoms with Crippen molar-refractivity contribution in [3.8, 4) is 0 Å². The number of carbonyl (C=O) groups is 1. The van der Waals surface area contributed by atoms with Crippen LogP contribution in [-0.4, -0.2) is 13.0 Å². The van der Waals surface area contributed by atoms with Crippen molar-refractivity contribution in [3.63, 3.8) is 0 Å². The minimum absolute atomic E-state index is 0.0494. The van der Waals surface area contributed by atoms with Crippen molar-refractivity contribution in [2.24, 2.45) is 0 Å². The predicted octanol–water partition coefficient (Wildman–Crippen LogP) is 3.03. The molecule has 0 atom stereocenters. The van der Waals surface area contributed by atoms with Gasteiger partial charge in [0.05, 0.1) is 0 Å². The van der Waals surface area contributed by atoms with Gasteiger partial charge in [-0.15, -0.1) is 0 Å². The summed E-state index contributed by atoms with van der Waals surface area (Å²) in [5, 5.41) is 10.2. The third-order valence-electron chi connectivity index (χ3n) is 2.87. The van der Waals surface area contributed by atoms with E-state index in [9.17, 15) is 4.79 Å². The fourth-order valence-corrected chi connectivity index (χ4v) is 2.47. The second-order valence-electron chi connectivity index (χ2n) is 4.04. The van der Waals surface area contributed by atoms with E-state index in [4.69, 9.17) is 0 Å². The van der Waals surface area contributed by atoms with Crippen LogP contribution in [0.25, 0.3) is 0 Å². The number of hydrogen-bond acceptors (Lipinski definition) is 3. The summed E-state index contributed by atoms with van der Waals surface area (Å²) in [6.07, 6.45) is 0. The molecule has 2 aromatic rings. The van der Waals surface area contributed by atoms with Crippen LogP contribution in [0, 0.1) is 6.92 Å². The summed E-state index contributed by atoms with van der Waals surface area (Å²) in [6.45, 7) is 2.74. The molecule has 0 saturated heterocycles. The fourth-order valence-electron chi connectivity index (χ4n) is 1.80. The van der Waals surface area contributed by atoms with Gasteiger partial charge in [0.15, 0.2) is 0 Å². The van der Waals surface area contributed by atoms with Gasteiger partial charge in [-0.1, -0.05) is 6.07 Å². The topological polar surface area (TPSA) is 41.1 Å². The molecule has 2 rings (SSSR count). The van der Waals surface area contributed by atoms with Crippen LogP contribution in [0.1, 0.15) is 21.5 Å². The molecule has 0 bridgehead atoms. The number of rotatable bonds is 4. The van der Waals surface area contributed by atoms with E-state index < -0.39 is 0 Å². The first-order valence-electron chi connectivity index (χ1n) is 5.79. The van der Waals surface area contributed by atoms with Gasteiger partial charge >= 0.3 is 0 Å². The van der Waals surface area contributed by atoms with Crippen LogP contribution in [0.15, 0.2) is 35.0 Å². The molecule has 1 aromatic carbocycles. The maximum Gasteiger partial charge on any atom is 0.251 e. The van der Waals surface area contributed by atoms with Gasteiger partial charge in [0.1, 0.15) is 0 Å². The second-order valence-corrected chi connectivity index (χ2v) is 4.82. The number of carbonyl (C=O) groups excluding carboxylic acids is 1. The molecule has 1 aromatic heterocycles. The van der Waals surface area contributed by atoms with Gasteiger partial charge in [0.25, 0.3) is 5.91 Å². The lowest BCUT2D eigenvalue weighted by atomic mass is 10.1. The smallest absolute Gasteiger partial charge is 0.251 e. The fraction of sp³-hybridized carbons (Fsp3) is 0.214. The molecular formula is C14H16N2OS. The highest BCUT2D eigenvalue weighted by Crippen LogP contribution is 2.20. The van der Waals surface area contributed by atoms with Crippen molar-refractivity contribution in [1.29, 1.82) is 0 Å². The zero-order valence-corrected chi connectivity index (χ0v) is 11.3. The van der Waals surface area contributed by atoms with Gasteiger partial charge in [-0.05, 0) is 47.0 Å². The maximum atomic E-state index is 11.7. The number of amides is 1. The lowest BCUT2D eigenvalue weighted by molar-refractivity contribution is 0.0962. The second kappa shape index (κ2) is 5.69. The summed E-state index contributed by atoms with van der Waals surface area (Å²) in [4.78, 5) is 11.7. The molecule has 18 heavy (non-hydrogen) atoms. The highest BCUT2D eigenvalue weighted by Gasteiger charge is 2.09. The Morgan fingerprint density at radius 1 is 1.33 bits per heavy atom. The van der Waals surface area contributed by atoms with E-state index in [-0.39, 0.29) is 5.91 Å². The van der Waals surface area contributed by atoms with Crippen molar-refractivity contribution in [2.45, 2.75) is 13.5 Å². The van der Waals surface area contributed by atoms with Crippen molar-refractivity contribution in [2.75, 3.05) is 12.4 Å². The molecule has 0 aliphatic carbocycles. The minimum atomic E-state index is -0.0494. The zero-order chi connectivity index (χ0) is 13.0. The lowest BCUT2D eigenvalue weighted by Gasteiger charge is -2.12. The van der Waals surface area contributed by atoms with E-state index in [0.29, 0.717) is 5.56 Å². The Labute approximate surface area is 111 Å². The van der Waals surface area contributed by atoms with Crippen LogP contribution >= 0.6 is 11.3 Å². The average molecular weight is 260 g/mol. The Hall–Kier alpha value is -1.81. The summed E-state index contributed by atoms with van der Waals surface area (Å²) >= 11 is 1.69. The lowest BCUT2D eigenvalue weighted by Crippen LogP contribution is -2.19. The average Bonchev–Trinajstić information content (AvgIpc) is 2.90. The number of thiophene rings is 1. The van der Waals surface area contributed by atoms with E-state index in [2.05, 4.69) is 27.5 Å². The van der Waals surface area contributed by atoms with Gasteiger partial charge in [0, 0.05) is 24.8 Å². The molecule has 1 heterocycles. The molecule has 0 spiro atoms. The molecule has 0 unspecified atom stereocenters. The minimum Gasteiger partial charge on any atom is -0.381 e. The Kier molecular flexibility index (Phi) is 3.99. The van der Waals surface area contributed by atoms with Gasteiger partial charge in [-0.25, -0.2) is 0 Å². The van der Waals surface area contributed by atoms with Gasteiger partial charge in [-0.2, -0.15) is 11.3 Å². The predicted molar refractivity (Wildman–Crippen MR) is 76.2 cm³/mol. The molecule has 4 heteroatoms. The van der Waals surface area contributed by atoms with Gasteiger partial charge < -0.3 is 10.6 Å². The van der Waals surface area contributed by atoms with Gasteiger partial charge in [-0.3, -0.25) is 4.79 Å². The Morgan fingerprint density at radius 2 is 2.17 bits per heavy atom. The SMILES string of the molecule is CNC(=O)c1cccc(NCc2ccsc2)c1C. The highest BCUT2D eigenvalue weighted by atomic mass is 32.1. The van der Waals surface area contributed by atoms with Crippen LogP contribution in [-0.2, 0) is 6.54 Å². The quantitative estimate of drug-likeness (QED) is 0.887. The first kappa shape index (κ1) is 12.6. The van der Waals surface area contributed by atoms with Crippen molar-refractivity contribution in [1.82, 2.24) is 5.32 Å². The summed E-state index contributed by atoms with van der Waals surface area (Å²) in [5.41, 5.74) is 3.95. The number of hydrogen-bond donors (Lipinski definition) is 2. The van der Waals surface area contributed by atoms with Crippen LogP contribution < -0.4 is 10.6 Å². The number of benzene rings is 1. The van der Waals surface area contributed by atoms with E-state index in [1.165, 1.54) is 5.56 Å². The molecule has 0 saturated carbocycles.